The van der Waals surface area contributed by atoms with E-state index in [2.05, 4.69) is 23.3 Å². The fraction of sp³-hybridized carbons (Fsp3) is 0.733. The molecule has 0 radical (unpaired) electrons. The van der Waals surface area contributed by atoms with Gasteiger partial charge in [0.15, 0.2) is 0 Å². The number of nitrogens with zero attached hydrogens (tertiary/aromatic N) is 1. The van der Waals surface area contributed by atoms with E-state index >= 15 is 0 Å². The van der Waals surface area contributed by atoms with E-state index in [4.69, 9.17) is 4.42 Å². The Hall–Kier alpha value is -0.800. The Morgan fingerprint density at radius 3 is 3.11 bits per heavy atom. The van der Waals surface area contributed by atoms with Gasteiger partial charge >= 0.3 is 0 Å². The van der Waals surface area contributed by atoms with Crippen LogP contribution >= 0.6 is 0 Å². The van der Waals surface area contributed by atoms with Crippen molar-refractivity contribution in [3.8, 4) is 0 Å². The summed E-state index contributed by atoms with van der Waals surface area (Å²) in [5.74, 6) is 1.23. The highest BCUT2D eigenvalue weighted by molar-refractivity contribution is 5.24. The maximum absolute atomic E-state index is 5.61. The summed E-state index contributed by atoms with van der Waals surface area (Å²) in [6.45, 7) is 2.35. The van der Waals surface area contributed by atoms with Gasteiger partial charge in [0.1, 0.15) is 5.76 Å². The maximum Gasteiger partial charge on any atom is 0.108 e. The molecule has 0 bridgehead atoms. The molecule has 0 amide bonds. The van der Waals surface area contributed by atoms with Crippen LogP contribution in [0, 0.1) is 0 Å². The van der Waals surface area contributed by atoms with Gasteiger partial charge in [-0.15, -0.1) is 0 Å². The lowest BCUT2D eigenvalue weighted by Crippen LogP contribution is -2.37. The molecule has 18 heavy (non-hydrogen) atoms. The Balaban J connectivity index is 1.74. The molecule has 1 fully saturated rings. The molecule has 2 atom stereocenters. The van der Waals surface area contributed by atoms with Gasteiger partial charge in [0.05, 0.1) is 6.26 Å². The van der Waals surface area contributed by atoms with E-state index < -0.39 is 0 Å². The number of fused-ring (bicyclic) bond motifs is 1. The summed E-state index contributed by atoms with van der Waals surface area (Å²) in [6.07, 6.45) is 9.45. The Bertz CT molecular complexity index is 380. The lowest BCUT2D eigenvalue weighted by atomic mass is 9.90. The maximum atomic E-state index is 5.61. The summed E-state index contributed by atoms with van der Waals surface area (Å²) in [7, 11) is 2.31. The molecule has 2 unspecified atom stereocenters. The smallest absolute Gasteiger partial charge is 0.108 e. The number of aryl methyl sites for hydroxylation is 1. The first-order valence-corrected chi connectivity index (χ1v) is 7.35. The predicted molar refractivity (Wildman–Crippen MR) is 72.7 cm³/mol. The standard InChI is InChI=1S/C15H24N2O/c1-17(12-4-3-9-16-10-7-12)14-5-2-6-15-13(14)8-11-18-15/h8,11-12,14,16H,2-7,9-10H2,1H3. The highest BCUT2D eigenvalue weighted by atomic mass is 16.3. The van der Waals surface area contributed by atoms with Crippen molar-refractivity contribution in [1.82, 2.24) is 10.2 Å². The number of furan rings is 1. The van der Waals surface area contributed by atoms with Crippen molar-refractivity contribution in [2.24, 2.45) is 0 Å². The summed E-state index contributed by atoms with van der Waals surface area (Å²) in [5, 5.41) is 3.50. The number of rotatable bonds is 2. The van der Waals surface area contributed by atoms with Crippen molar-refractivity contribution in [2.45, 2.75) is 50.6 Å². The predicted octanol–water partition coefficient (Wildman–Crippen LogP) is 2.73. The molecular formula is C15H24N2O. The molecule has 2 aliphatic rings. The van der Waals surface area contributed by atoms with E-state index in [1.165, 1.54) is 56.5 Å². The lowest BCUT2D eigenvalue weighted by Gasteiger charge is -2.36. The van der Waals surface area contributed by atoms with E-state index in [1.54, 1.807) is 0 Å². The molecule has 3 rings (SSSR count). The first kappa shape index (κ1) is 12.2. The molecule has 3 nitrogen and oxygen atoms in total. The summed E-state index contributed by atoms with van der Waals surface area (Å²) in [4.78, 5) is 2.61. The second-order valence-corrected chi connectivity index (χ2v) is 5.71. The van der Waals surface area contributed by atoms with Gasteiger partial charge in [0, 0.05) is 24.1 Å². The van der Waals surface area contributed by atoms with E-state index in [0.29, 0.717) is 6.04 Å². The normalized spacial score (nSPS) is 29.0. The van der Waals surface area contributed by atoms with Gasteiger partial charge in [0.25, 0.3) is 0 Å². The van der Waals surface area contributed by atoms with Crippen LogP contribution in [0.25, 0.3) is 0 Å². The van der Waals surface area contributed by atoms with Crippen molar-refractivity contribution in [2.75, 3.05) is 20.1 Å². The molecule has 3 heteroatoms. The van der Waals surface area contributed by atoms with Gasteiger partial charge < -0.3 is 9.73 Å². The molecule has 1 saturated heterocycles. The molecule has 1 N–H and O–H groups in total. The van der Waals surface area contributed by atoms with Gasteiger partial charge in [0.2, 0.25) is 0 Å². The van der Waals surface area contributed by atoms with Gasteiger partial charge in [-0.1, -0.05) is 0 Å². The molecule has 1 aliphatic carbocycles. The number of hydrogen-bond donors (Lipinski definition) is 1. The average molecular weight is 248 g/mol. The van der Waals surface area contributed by atoms with Gasteiger partial charge in [-0.25, -0.2) is 0 Å². The summed E-state index contributed by atoms with van der Waals surface area (Å²) in [6, 6.07) is 3.49. The van der Waals surface area contributed by atoms with Crippen LogP contribution in [0.15, 0.2) is 16.7 Å². The minimum absolute atomic E-state index is 0.579. The third kappa shape index (κ3) is 2.34. The lowest BCUT2D eigenvalue weighted by molar-refractivity contribution is 0.143. The molecular weight excluding hydrogens is 224 g/mol. The van der Waals surface area contributed by atoms with Crippen LogP contribution in [0.3, 0.4) is 0 Å². The fourth-order valence-corrected chi connectivity index (χ4v) is 3.55. The Morgan fingerprint density at radius 1 is 1.22 bits per heavy atom. The van der Waals surface area contributed by atoms with Crippen molar-refractivity contribution in [3.63, 3.8) is 0 Å². The SMILES string of the molecule is CN(C1CCCNCC1)C1CCCc2occc21. The van der Waals surface area contributed by atoms with Crippen LogP contribution in [0.4, 0.5) is 0 Å². The van der Waals surface area contributed by atoms with Crippen molar-refractivity contribution < 1.29 is 4.42 Å². The summed E-state index contributed by atoms with van der Waals surface area (Å²) < 4.78 is 5.61. The van der Waals surface area contributed by atoms with Crippen LogP contribution < -0.4 is 5.32 Å². The quantitative estimate of drug-likeness (QED) is 0.872. The summed E-state index contributed by atoms with van der Waals surface area (Å²) in [5.41, 5.74) is 1.45. The average Bonchev–Trinajstić information content (AvgIpc) is 2.71. The summed E-state index contributed by atoms with van der Waals surface area (Å²) >= 11 is 0. The van der Waals surface area contributed by atoms with Crippen LogP contribution in [-0.2, 0) is 6.42 Å². The van der Waals surface area contributed by atoms with Gasteiger partial charge in [-0.05, 0) is 58.3 Å². The molecule has 2 heterocycles. The molecule has 1 aromatic rings. The largest absolute Gasteiger partial charge is 0.469 e. The first-order chi connectivity index (χ1) is 8.86. The van der Waals surface area contributed by atoms with Crippen LogP contribution in [-0.4, -0.2) is 31.1 Å². The molecule has 0 saturated carbocycles. The van der Waals surface area contributed by atoms with Crippen molar-refractivity contribution in [3.05, 3.63) is 23.7 Å². The van der Waals surface area contributed by atoms with Gasteiger partial charge in [-0.3, -0.25) is 4.90 Å². The molecule has 1 aromatic heterocycles. The monoisotopic (exact) mass is 248 g/mol. The third-order valence-corrected chi connectivity index (χ3v) is 4.63. The zero-order valence-corrected chi connectivity index (χ0v) is 11.3. The fourth-order valence-electron chi connectivity index (χ4n) is 3.55. The Labute approximate surface area is 110 Å². The van der Waals surface area contributed by atoms with E-state index in [0.717, 1.165) is 12.5 Å². The van der Waals surface area contributed by atoms with Crippen LogP contribution in [0.5, 0.6) is 0 Å². The second-order valence-electron chi connectivity index (χ2n) is 5.71. The minimum Gasteiger partial charge on any atom is -0.469 e. The Morgan fingerprint density at radius 2 is 2.17 bits per heavy atom. The Kier molecular flexibility index (Phi) is 3.71. The first-order valence-electron chi connectivity index (χ1n) is 7.35. The molecule has 0 aromatic carbocycles. The topological polar surface area (TPSA) is 28.4 Å². The van der Waals surface area contributed by atoms with Crippen LogP contribution in [0.1, 0.15) is 49.5 Å². The second kappa shape index (κ2) is 5.45. The van der Waals surface area contributed by atoms with Crippen LogP contribution in [0.2, 0.25) is 0 Å². The zero-order valence-electron chi connectivity index (χ0n) is 11.3. The van der Waals surface area contributed by atoms with Crippen molar-refractivity contribution in [1.29, 1.82) is 0 Å². The number of hydrogen-bond acceptors (Lipinski definition) is 3. The molecule has 1 aliphatic heterocycles. The van der Waals surface area contributed by atoms with E-state index in [9.17, 15) is 0 Å². The van der Waals surface area contributed by atoms with E-state index in [1.807, 2.05) is 6.26 Å². The number of nitrogens with one attached hydrogen (secondary N) is 1. The third-order valence-electron chi connectivity index (χ3n) is 4.63. The van der Waals surface area contributed by atoms with Crippen molar-refractivity contribution >= 4 is 0 Å². The highest BCUT2D eigenvalue weighted by Gasteiger charge is 2.29. The zero-order chi connectivity index (χ0) is 12.4. The molecule has 100 valence electrons. The van der Waals surface area contributed by atoms with Gasteiger partial charge in [-0.2, -0.15) is 0 Å². The van der Waals surface area contributed by atoms with E-state index in [-0.39, 0.29) is 0 Å². The minimum atomic E-state index is 0.579. The molecule has 0 spiro atoms. The highest BCUT2D eigenvalue weighted by Crippen LogP contribution is 2.36.